The van der Waals surface area contributed by atoms with Crippen LogP contribution in [0.25, 0.3) is 11.3 Å². The van der Waals surface area contributed by atoms with Gasteiger partial charge in [0.05, 0.1) is 19.2 Å². The molecule has 2 aromatic rings. The molecule has 0 aliphatic heterocycles. The number of carboxylic acids is 1. The van der Waals surface area contributed by atoms with Crippen molar-refractivity contribution >= 4 is 5.97 Å². The maximum absolute atomic E-state index is 10.7. The molecule has 0 fully saturated rings. The average molecular weight is 260 g/mol. The van der Waals surface area contributed by atoms with E-state index in [4.69, 9.17) is 9.84 Å². The van der Waals surface area contributed by atoms with Crippen LogP contribution in [0.3, 0.4) is 0 Å². The molecule has 1 aromatic carbocycles. The van der Waals surface area contributed by atoms with Crippen LogP contribution in [0, 0.1) is 13.8 Å². The lowest BCUT2D eigenvalue weighted by atomic mass is 10.0. The van der Waals surface area contributed by atoms with Gasteiger partial charge in [-0.3, -0.25) is 9.89 Å². The number of ether oxygens (including phenoxy) is 1. The number of nitrogens with zero attached hydrogens (tertiary/aromatic N) is 1. The summed E-state index contributed by atoms with van der Waals surface area (Å²) in [7, 11) is 1.61. The molecule has 2 rings (SSSR count). The summed E-state index contributed by atoms with van der Waals surface area (Å²) < 4.78 is 5.38. The molecule has 0 unspecified atom stereocenters. The van der Waals surface area contributed by atoms with E-state index in [1.807, 2.05) is 26.0 Å². The molecule has 0 saturated carbocycles. The Hall–Kier alpha value is -2.30. The zero-order chi connectivity index (χ0) is 14.0. The minimum absolute atomic E-state index is 0.0692. The minimum Gasteiger partial charge on any atom is -0.496 e. The van der Waals surface area contributed by atoms with Gasteiger partial charge < -0.3 is 9.84 Å². The number of carboxylic acid groups (broad SMARTS) is 1. The summed E-state index contributed by atoms with van der Waals surface area (Å²) in [4.78, 5) is 10.7. The van der Waals surface area contributed by atoms with Gasteiger partial charge in [0.25, 0.3) is 0 Å². The highest BCUT2D eigenvalue weighted by molar-refractivity contribution is 5.74. The molecular weight excluding hydrogens is 244 g/mol. The molecule has 2 N–H and O–H groups in total. The number of aliphatic carboxylic acids is 1. The first-order valence-electron chi connectivity index (χ1n) is 5.93. The predicted molar refractivity (Wildman–Crippen MR) is 71.4 cm³/mol. The maximum Gasteiger partial charge on any atom is 0.309 e. The molecule has 0 amide bonds. The van der Waals surface area contributed by atoms with Crippen molar-refractivity contribution in [3.05, 3.63) is 35.0 Å². The number of nitrogens with one attached hydrogen (secondary N) is 1. The van der Waals surface area contributed by atoms with E-state index in [0.29, 0.717) is 11.4 Å². The largest absolute Gasteiger partial charge is 0.496 e. The van der Waals surface area contributed by atoms with Crippen molar-refractivity contribution < 1.29 is 14.6 Å². The first-order valence-corrected chi connectivity index (χ1v) is 5.93. The van der Waals surface area contributed by atoms with Gasteiger partial charge in [-0.2, -0.15) is 5.10 Å². The number of aromatic nitrogens is 2. The Kier molecular flexibility index (Phi) is 3.55. The summed E-state index contributed by atoms with van der Waals surface area (Å²) >= 11 is 0. The fraction of sp³-hybridized carbons (Fsp3) is 0.286. The van der Waals surface area contributed by atoms with Crippen molar-refractivity contribution in [2.24, 2.45) is 0 Å². The lowest BCUT2D eigenvalue weighted by Crippen LogP contribution is -1.99. The molecule has 100 valence electrons. The average Bonchev–Trinajstić information content (AvgIpc) is 2.74. The van der Waals surface area contributed by atoms with Gasteiger partial charge in [0.2, 0.25) is 0 Å². The number of benzene rings is 1. The number of hydrogen-bond donors (Lipinski definition) is 2. The summed E-state index contributed by atoms with van der Waals surface area (Å²) in [5, 5.41) is 15.7. The van der Waals surface area contributed by atoms with E-state index < -0.39 is 5.97 Å². The number of rotatable bonds is 4. The van der Waals surface area contributed by atoms with E-state index in [2.05, 4.69) is 10.2 Å². The second kappa shape index (κ2) is 5.14. The van der Waals surface area contributed by atoms with Crippen molar-refractivity contribution in [2.45, 2.75) is 20.3 Å². The van der Waals surface area contributed by atoms with Crippen LogP contribution in [-0.2, 0) is 11.2 Å². The monoisotopic (exact) mass is 260 g/mol. The molecule has 0 bridgehead atoms. The molecule has 0 saturated heterocycles. The van der Waals surface area contributed by atoms with Crippen LogP contribution < -0.4 is 4.74 Å². The van der Waals surface area contributed by atoms with Crippen LogP contribution in [0.4, 0.5) is 0 Å². The van der Waals surface area contributed by atoms with Crippen LogP contribution in [0.15, 0.2) is 18.2 Å². The molecule has 1 heterocycles. The van der Waals surface area contributed by atoms with Gasteiger partial charge in [-0.05, 0) is 37.1 Å². The first kappa shape index (κ1) is 13.1. The number of aryl methyl sites for hydroxylation is 2. The summed E-state index contributed by atoms with van der Waals surface area (Å²) in [5.41, 5.74) is 4.32. The highest BCUT2D eigenvalue weighted by Gasteiger charge is 2.14. The van der Waals surface area contributed by atoms with E-state index in [1.54, 1.807) is 13.2 Å². The third kappa shape index (κ3) is 2.76. The van der Waals surface area contributed by atoms with E-state index in [-0.39, 0.29) is 6.42 Å². The Morgan fingerprint density at radius 3 is 2.74 bits per heavy atom. The van der Waals surface area contributed by atoms with Gasteiger partial charge in [0, 0.05) is 11.3 Å². The summed E-state index contributed by atoms with van der Waals surface area (Å²) in [5.74, 6) is -0.145. The Morgan fingerprint density at radius 2 is 2.11 bits per heavy atom. The SMILES string of the molecule is COc1cc(C)cc(C)c1-c1cc(CC(=O)O)[nH]n1. The molecular formula is C14H16N2O3. The Balaban J connectivity index is 2.46. The normalized spacial score (nSPS) is 10.5. The summed E-state index contributed by atoms with van der Waals surface area (Å²) in [6.07, 6.45) is -0.0692. The molecule has 0 radical (unpaired) electrons. The van der Waals surface area contributed by atoms with Crippen LogP contribution in [0.5, 0.6) is 5.75 Å². The number of carbonyl (C=O) groups is 1. The highest BCUT2D eigenvalue weighted by atomic mass is 16.5. The molecule has 5 nitrogen and oxygen atoms in total. The highest BCUT2D eigenvalue weighted by Crippen LogP contribution is 2.33. The van der Waals surface area contributed by atoms with Gasteiger partial charge in [-0.15, -0.1) is 0 Å². The summed E-state index contributed by atoms with van der Waals surface area (Å²) in [6, 6.07) is 5.73. The van der Waals surface area contributed by atoms with Crippen LogP contribution in [-0.4, -0.2) is 28.4 Å². The number of methoxy groups -OCH3 is 1. The molecule has 19 heavy (non-hydrogen) atoms. The van der Waals surface area contributed by atoms with E-state index in [0.717, 1.165) is 22.4 Å². The Labute approximate surface area is 111 Å². The fourth-order valence-electron chi connectivity index (χ4n) is 2.16. The van der Waals surface area contributed by atoms with Gasteiger partial charge in [0.15, 0.2) is 0 Å². The second-order valence-electron chi connectivity index (χ2n) is 4.51. The quantitative estimate of drug-likeness (QED) is 0.884. The second-order valence-corrected chi connectivity index (χ2v) is 4.51. The van der Waals surface area contributed by atoms with Crippen LogP contribution >= 0.6 is 0 Å². The van der Waals surface area contributed by atoms with Gasteiger partial charge in [-0.1, -0.05) is 6.07 Å². The number of hydrogen-bond acceptors (Lipinski definition) is 3. The van der Waals surface area contributed by atoms with Crippen molar-refractivity contribution in [2.75, 3.05) is 7.11 Å². The number of aromatic amines is 1. The van der Waals surface area contributed by atoms with E-state index in [9.17, 15) is 4.79 Å². The number of H-pyrrole nitrogens is 1. The van der Waals surface area contributed by atoms with Crippen LogP contribution in [0.2, 0.25) is 0 Å². The Morgan fingerprint density at radius 1 is 1.37 bits per heavy atom. The van der Waals surface area contributed by atoms with Gasteiger partial charge in [0.1, 0.15) is 5.75 Å². The lowest BCUT2D eigenvalue weighted by molar-refractivity contribution is -0.136. The van der Waals surface area contributed by atoms with Crippen LogP contribution in [0.1, 0.15) is 16.8 Å². The van der Waals surface area contributed by atoms with Crippen molar-refractivity contribution in [1.82, 2.24) is 10.2 Å². The smallest absolute Gasteiger partial charge is 0.309 e. The summed E-state index contributed by atoms with van der Waals surface area (Å²) in [6.45, 7) is 3.98. The standard InChI is InChI=1S/C14H16N2O3/c1-8-4-9(2)14(12(5-8)19-3)11-6-10(15-16-11)7-13(17)18/h4-6H,7H2,1-3H3,(H,15,16)(H,17,18). The molecule has 0 spiro atoms. The van der Waals surface area contributed by atoms with Gasteiger partial charge >= 0.3 is 5.97 Å². The lowest BCUT2D eigenvalue weighted by Gasteiger charge is -2.10. The third-order valence-corrected chi connectivity index (χ3v) is 2.89. The van der Waals surface area contributed by atoms with Crippen molar-refractivity contribution in [3.8, 4) is 17.0 Å². The third-order valence-electron chi connectivity index (χ3n) is 2.89. The molecule has 0 atom stereocenters. The fourth-order valence-corrected chi connectivity index (χ4v) is 2.16. The predicted octanol–water partition coefficient (Wildman–Crippen LogP) is 2.33. The van der Waals surface area contributed by atoms with Gasteiger partial charge in [-0.25, -0.2) is 0 Å². The topological polar surface area (TPSA) is 75.2 Å². The molecule has 0 aliphatic rings. The first-order chi connectivity index (χ1) is 9.01. The van der Waals surface area contributed by atoms with E-state index in [1.165, 1.54) is 0 Å². The zero-order valence-corrected chi connectivity index (χ0v) is 11.2. The van der Waals surface area contributed by atoms with E-state index >= 15 is 0 Å². The molecule has 5 heteroatoms. The maximum atomic E-state index is 10.7. The Bertz CT molecular complexity index is 617. The molecule has 1 aromatic heterocycles. The zero-order valence-electron chi connectivity index (χ0n) is 11.2. The van der Waals surface area contributed by atoms with Crippen molar-refractivity contribution in [3.63, 3.8) is 0 Å². The van der Waals surface area contributed by atoms with Crippen molar-refractivity contribution in [1.29, 1.82) is 0 Å². The molecule has 0 aliphatic carbocycles. The minimum atomic E-state index is -0.886.